The summed E-state index contributed by atoms with van der Waals surface area (Å²) in [7, 11) is 0. The van der Waals surface area contributed by atoms with Gasteiger partial charge in [0.2, 0.25) is 0 Å². The molecule has 0 unspecified atom stereocenters. The molecular weight excluding hydrogens is 345 g/mol. The highest BCUT2D eigenvalue weighted by Gasteiger charge is 2.19. The number of nitrogens with zero attached hydrogens (tertiary/aromatic N) is 1. The zero-order valence-corrected chi connectivity index (χ0v) is 12.1. The van der Waals surface area contributed by atoms with Crippen LogP contribution in [0, 0.1) is 13.7 Å². The average Bonchev–Trinajstić information content (AvgIpc) is 3.14. The summed E-state index contributed by atoms with van der Waals surface area (Å²) in [4.78, 5) is 10.6. The van der Waals surface area contributed by atoms with Crippen LogP contribution in [0.3, 0.4) is 0 Å². The molecule has 0 atom stereocenters. The van der Waals surface area contributed by atoms with Crippen molar-refractivity contribution in [1.82, 2.24) is 5.32 Å². The van der Waals surface area contributed by atoms with Gasteiger partial charge in [-0.1, -0.05) is 0 Å². The van der Waals surface area contributed by atoms with Crippen LogP contribution in [0.1, 0.15) is 19.3 Å². The fourth-order valence-corrected chi connectivity index (χ4v) is 2.19. The van der Waals surface area contributed by atoms with Gasteiger partial charge in [0.25, 0.3) is 5.69 Å². The van der Waals surface area contributed by atoms with Gasteiger partial charge in [0.05, 0.1) is 4.92 Å². The Labute approximate surface area is 120 Å². The van der Waals surface area contributed by atoms with Gasteiger partial charge in [-0.25, -0.2) is 0 Å². The molecule has 0 aliphatic heterocycles. The molecular formula is C12H16IN3O2. The number of benzene rings is 1. The zero-order valence-electron chi connectivity index (χ0n) is 9.99. The Morgan fingerprint density at radius 1 is 1.39 bits per heavy atom. The third-order valence-corrected chi connectivity index (χ3v) is 3.51. The number of anilines is 1. The van der Waals surface area contributed by atoms with Gasteiger partial charge in [-0.3, -0.25) is 10.1 Å². The first-order valence-corrected chi connectivity index (χ1v) is 7.16. The topological polar surface area (TPSA) is 67.2 Å². The van der Waals surface area contributed by atoms with Crippen LogP contribution < -0.4 is 10.6 Å². The van der Waals surface area contributed by atoms with E-state index in [1.807, 2.05) is 6.07 Å². The standard InChI is InChI=1S/C12H16IN3O2/c13-9-2-5-11(12(8-9)16(17)18)15-7-1-6-14-10-3-4-10/h2,5,8,10,14-15H,1,3-4,6-7H2. The summed E-state index contributed by atoms with van der Waals surface area (Å²) in [5.41, 5.74) is 0.754. The van der Waals surface area contributed by atoms with Gasteiger partial charge in [0.1, 0.15) is 5.69 Å². The summed E-state index contributed by atoms with van der Waals surface area (Å²) in [6, 6.07) is 5.95. The van der Waals surface area contributed by atoms with E-state index in [9.17, 15) is 10.1 Å². The molecule has 0 heterocycles. The molecule has 1 aliphatic rings. The molecule has 2 rings (SSSR count). The Hall–Kier alpha value is -0.890. The van der Waals surface area contributed by atoms with Crippen molar-refractivity contribution in [3.05, 3.63) is 31.9 Å². The van der Waals surface area contributed by atoms with Crippen LogP contribution in [0.15, 0.2) is 18.2 Å². The van der Waals surface area contributed by atoms with Crippen molar-refractivity contribution in [1.29, 1.82) is 0 Å². The van der Waals surface area contributed by atoms with Crippen molar-refractivity contribution < 1.29 is 4.92 Å². The van der Waals surface area contributed by atoms with Crippen molar-refractivity contribution in [2.45, 2.75) is 25.3 Å². The van der Waals surface area contributed by atoms with E-state index >= 15 is 0 Å². The molecule has 1 fully saturated rings. The van der Waals surface area contributed by atoms with Crippen molar-refractivity contribution in [2.75, 3.05) is 18.4 Å². The Morgan fingerprint density at radius 2 is 2.17 bits per heavy atom. The van der Waals surface area contributed by atoms with E-state index < -0.39 is 0 Å². The molecule has 0 radical (unpaired) electrons. The molecule has 98 valence electrons. The molecule has 5 nitrogen and oxygen atoms in total. The summed E-state index contributed by atoms with van der Waals surface area (Å²) in [6.45, 7) is 1.72. The molecule has 0 saturated heterocycles. The maximum Gasteiger partial charge on any atom is 0.293 e. The van der Waals surface area contributed by atoms with Gasteiger partial charge in [-0.2, -0.15) is 0 Å². The first-order chi connectivity index (χ1) is 8.66. The van der Waals surface area contributed by atoms with Crippen molar-refractivity contribution in [3.63, 3.8) is 0 Å². The fourth-order valence-electron chi connectivity index (χ4n) is 1.71. The Balaban J connectivity index is 1.81. The lowest BCUT2D eigenvalue weighted by Crippen LogP contribution is -2.20. The van der Waals surface area contributed by atoms with Gasteiger partial charge in [-0.05, 0) is 60.5 Å². The molecule has 0 amide bonds. The minimum Gasteiger partial charge on any atom is -0.379 e. The van der Waals surface area contributed by atoms with Gasteiger partial charge in [0, 0.05) is 22.2 Å². The second-order valence-electron chi connectivity index (χ2n) is 4.43. The molecule has 1 aromatic carbocycles. The lowest BCUT2D eigenvalue weighted by atomic mass is 10.2. The third kappa shape index (κ3) is 4.09. The molecule has 2 N–H and O–H groups in total. The maximum absolute atomic E-state index is 10.9. The lowest BCUT2D eigenvalue weighted by Gasteiger charge is -2.07. The molecule has 0 aromatic heterocycles. The number of nitro groups is 1. The Kier molecular flexibility index (Phi) is 4.76. The SMILES string of the molecule is O=[N+]([O-])c1cc(I)ccc1NCCCNC1CC1. The highest BCUT2D eigenvalue weighted by molar-refractivity contribution is 14.1. The summed E-state index contributed by atoms with van der Waals surface area (Å²) >= 11 is 2.08. The average molecular weight is 361 g/mol. The zero-order chi connectivity index (χ0) is 13.0. The van der Waals surface area contributed by atoms with E-state index in [0.717, 1.165) is 29.1 Å². The fraction of sp³-hybridized carbons (Fsp3) is 0.500. The monoisotopic (exact) mass is 361 g/mol. The van der Waals surface area contributed by atoms with E-state index in [2.05, 4.69) is 33.2 Å². The van der Waals surface area contributed by atoms with Crippen LogP contribution >= 0.6 is 22.6 Å². The lowest BCUT2D eigenvalue weighted by molar-refractivity contribution is -0.384. The van der Waals surface area contributed by atoms with E-state index in [1.54, 1.807) is 12.1 Å². The van der Waals surface area contributed by atoms with E-state index in [0.29, 0.717) is 5.69 Å². The van der Waals surface area contributed by atoms with Gasteiger partial charge < -0.3 is 10.6 Å². The first kappa shape index (κ1) is 13.5. The molecule has 1 aromatic rings. The highest BCUT2D eigenvalue weighted by Crippen LogP contribution is 2.26. The largest absolute Gasteiger partial charge is 0.379 e. The van der Waals surface area contributed by atoms with Crippen molar-refractivity contribution in [3.8, 4) is 0 Å². The quantitative estimate of drug-likeness (QED) is 0.339. The Morgan fingerprint density at radius 3 is 2.83 bits per heavy atom. The number of nitrogens with one attached hydrogen (secondary N) is 2. The number of nitro benzene ring substituents is 1. The smallest absolute Gasteiger partial charge is 0.293 e. The van der Waals surface area contributed by atoms with Crippen LogP contribution in [-0.2, 0) is 0 Å². The minimum atomic E-state index is -0.340. The molecule has 0 spiro atoms. The van der Waals surface area contributed by atoms with Crippen LogP contribution in [-0.4, -0.2) is 24.1 Å². The first-order valence-electron chi connectivity index (χ1n) is 6.08. The number of halogens is 1. The molecule has 0 bridgehead atoms. The van der Waals surface area contributed by atoms with Crippen molar-refractivity contribution in [2.24, 2.45) is 0 Å². The van der Waals surface area contributed by atoms with Gasteiger partial charge in [-0.15, -0.1) is 0 Å². The van der Waals surface area contributed by atoms with Gasteiger partial charge >= 0.3 is 0 Å². The molecule has 1 saturated carbocycles. The van der Waals surface area contributed by atoms with Crippen LogP contribution in [0.5, 0.6) is 0 Å². The second-order valence-corrected chi connectivity index (χ2v) is 5.67. The number of rotatable bonds is 7. The van der Waals surface area contributed by atoms with E-state index in [-0.39, 0.29) is 10.6 Å². The minimum absolute atomic E-state index is 0.150. The van der Waals surface area contributed by atoms with Crippen LogP contribution in [0.4, 0.5) is 11.4 Å². The number of hydrogen-bond donors (Lipinski definition) is 2. The van der Waals surface area contributed by atoms with E-state index in [1.165, 1.54) is 12.8 Å². The molecule has 6 heteroatoms. The Bertz CT molecular complexity index is 435. The second kappa shape index (κ2) is 6.33. The third-order valence-electron chi connectivity index (χ3n) is 2.84. The van der Waals surface area contributed by atoms with Crippen LogP contribution in [0.25, 0.3) is 0 Å². The summed E-state index contributed by atoms with van der Waals surface area (Å²) in [5, 5.41) is 17.5. The summed E-state index contributed by atoms with van der Waals surface area (Å²) < 4.78 is 0.875. The normalized spacial score (nSPS) is 14.5. The summed E-state index contributed by atoms with van der Waals surface area (Å²) in [6.07, 6.45) is 3.55. The molecule has 1 aliphatic carbocycles. The summed E-state index contributed by atoms with van der Waals surface area (Å²) in [5.74, 6) is 0. The predicted octanol–water partition coefficient (Wildman–Crippen LogP) is 2.75. The number of hydrogen-bond acceptors (Lipinski definition) is 4. The van der Waals surface area contributed by atoms with Gasteiger partial charge in [0.15, 0.2) is 0 Å². The van der Waals surface area contributed by atoms with Crippen LogP contribution in [0.2, 0.25) is 0 Å². The van der Waals surface area contributed by atoms with Crippen molar-refractivity contribution >= 4 is 34.0 Å². The predicted molar refractivity (Wildman–Crippen MR) is 79.9 cm³/mol. The highest BCUT2D eigenvalue weighted by atomic mass is 127. The molecule has 18 heavy (non-hydrogen) atoms. The maximum atomic E-state index is 10.9. The van der Waals surface area contributed by atoms with E-state index in [4.69, 9.17) is 0 Å².